The monoisotopic (exact) mass is 390 g/mol. The van der Waals surface area contributed by atoms with Crippen LogP contribution in [0.25, 0.3) is 0 Å². The summed E-state index contributed by atoms with van der Waals surface area (Å²) < 4.78 is 40.5. The molecule has 3 rings (SSSR count). The molecule has 2 unspecified atom stereocenters. The van der Waals surface area contributed by atoms with Crippen molar-refractivity contribution < 1.29 is 17.6 Å². The van der Waals surface area contributed by atoms with Crippen LogP contribution in [0.1, 0.15) is 30.6 Å². The van der Waals surface area contributed by atoms with Crippen LogP contribution in [-0.4, -0.2) is 31.7 Å². The molecule has 7 heteroatoms. The number of sulfonamides is 1. The molecule has 1 heterocycles. The van der Waals surface area contributed by atoms with Gasteiger partial charge in [-0.3, -0.25) is 4.79 Å². The number of hydrogen-bond donors (Lipinski definition) is 1. The second-order valence-corrected chi connectivity index (χ2v) is 9.19. The van der Waals surface area contributed by atoms with E-state index in [4.69, 9.17) is 0 Å². The van der Waals surface area contributed by atoms with E-state index in [1.165, 1.54) is 34.6 Å². The number of carbonyl (C=O) groups excluding carboxylic acids is 1. The molecule has 0 saturated carbocycles. The van der Waals surface area contributed by atoms with Gasteiger partial charge >= 0.3 is 0 Å². The number of halogens is 1. The van der Waals surface area contributed by atoms with Crippen LogP contribution in [-0.2, 0) is 10.0 Å². The number of amides is 1. The van der Waals surface area contributed by atoms with Gasteiger partial charge in [-0.15, -0.1) is 0 Å². The van der Waals surface area contributed by atoms with Gasteiger partial charge in [0.1, 0.15) is 5.82 Å². The van der Waals surface area contributed by atoms with E-state index in [9.17, 15) is 17.6 Å². The molecular formula is C20H23FN2O3S. The Morgan fingerprint density at radius 3 is 2.30 bits per heavy atom. The summed E-state index contributed by atoms with van der Waals surface area (Å²) in [6, 6.07) is 11.4. The van der Waals surface area contributed by atoms with Gasteiger partial charge in [-0.2, -0.15) is 4.31 Å². The number of nitrogens with one attached hydrogen (secondary N) is 1. The zero-order valence-corrected chi connectivity index (χ0v) is 16.2. The lowest BCUT2D eigenvalue weighted by molar-refractivity contribution is 0.102. The van der Waals surface area contributed by atoms with Crippen molar-refractivity contribution in [2.45, 2.75) is 25.2 Å². The molecule has 144 valence electrons. The summed E-state index contributed by atoms with van der Waals surface area (Å²) in [4.78, 5) is 12.4. The molecule has 2 aromatic rings. The van der Waals surface area contributed by atoms with Crippen LogP contribution in [0.5, 0.6) is 0 Å². The van der Waals surface area contributed by atoms with Crippen molar-refractivity contribution in [2.75, 3.05) is 18.4 Å². The molecule has 27 heavy (non-hydrogen) atoms. The van der Waals surface area contributed by atoms with Crippen LogP contribution in [0.4, 0.5) is 10.1 Å². The van der Waals surface area contributed by atoms with Gasteiger partial charge in [0.25, 0.3) is 5.91 Å². The molecule has 1 saturated heterocycles. The van der Waals surface area contributed by atoms with E-state index >= 15 is 0 Å². The highest BCUT2D eigenvalue weighted by molar-refractivity contribution is 7.89. The Bertz CT molecular complexity index is 918. The Labute approximate surface area is 159 Å². The molecule has 1 amide bonds. The maximum absolute atomic E-state index is 13.2. The van der Waals surface area contributed by atoms with Gasteiger partial charge in [-0.05, 0) is 60.7 Å². The molecule has 0 bridgehead atoms. The number of nitrogens with zero attached hydrogens (tertiary/aromatic N) is 1. The lowest BCUT2D eigenvalue weighted by atomic mass is 9.94. The summed E-state index contributed by atoms with van der Waals surface area (Å²) in [5.74, 6) is -0.292. The van der Waals surface area contributed by atoms with Crippen LogP contribution >= 0.6 is 0 Å². The van der Waals surface area contributed by atoms with E-state index in [2.05, 4.69) is 19.2 Å². The van der Waals surface area contributed by atoms with Gasteiger partial charge < -0.3 is 5.32 Å². The second kappa shape index (κ2) is 7.78. The van der Waals surface area contributed by atoms with Crippen LogP contribution in [0, 0.1) is 17.7 Å². The predicted molar refractivity (Wildman–Crippen MR) is 102 cm³/mol. The predicted octanol–water partition coefficient (Wildman–Crippen LogP) is 3.74. The number of anilines is 1. The molecule has 0 spiro atoms. The molecule has 1 aliphatic rings. The zero-order chi connectivity index (χ0) is 19.6. The Kier molecular flexibility index (Phi) is 5.62. The first-order chi connectivity index (χ1) is 12.8. The summed E-state index contributed by atoms with van der Waals surface area (Å²) in [5, 5.41) is 2.64. The first-order valence-corrected chi connectivity index (χ1v) is 10.4. The third kappa shape index (κ3) is 4.54. The van der Waals surface area contributed by atoms with Gasteiger partial charge in [0.2, 0.25) is 10.0 Å². The molecular weight excluding hydrogens is 367 g/mol. The number of carbonyl (C=O) groups is 1. The van der Waals surface area contributed by atoms with E-state index in [0.717, 1.165) is 12.5 Å². The minimum Gasteiger partial charge on any atom is -0.322 e. The molecule has 1 fully saturated rings. The average Bonchev–Trinajstić information content (AvgIpc) is 2.61. The molecule has 2 atom stereocenters. The first-order valence-electron chi connectivity index (χ1n) is 8.93. The summed E-state index contributed by atoms with van der Waals surface area (Å²) >= 11 is 0. The van der Waals surface area contributed by atoms with Crippen LogP contribution in [0.15, 0.2) is 53.4 Å². The Morgan fingerprint density at radius 2 is 1.70 bits per heavy atom. The largest absolute Gasteiger partial charge is 0.322 e. The third-order valence-corrected chi connectivity index (χ3v) is 6.52. The lowest BCUT2D eigenvalue weighted by Crippen LogP contribution is -2.42. The van der Waals surface area contributed by atoms with Gasteiger partial charge in [-0.25, -0.2) is 12.8 Å². The van der Waals surface area contributed by atoms with Gasteiger partial charge in [0.05, 0.1) is 4.90 Å². The Balaban J connectivity index is 1.74. The topological polar surface area (TPSA) is 66.5 Å². The Hall–Kier alpha value is -2.25. The molecule has 0 aromatic heterocycles. The fourth-order valence-corrected chi connectivity index (χ4v) is 5.17. The van der Waals surface area contributed by atoms with Crippen LogP contribution < -0.4 is 5.32 Å². The molecule has 2 aromatic carbocycles. The van der Waals surface area contributed by atoms with E-state index in [0.29, 0.717) is 30.6 Å². The highest BCUT2D eigenvalue weighted by Gasteiger charge is 2.31. The molecule has 0 aliphatic carbocycles. The van der Waals surface area contributed by atoms with E-state index in [1.54, 1.807) is 12.1 Å². The molecule has 0 radical (unpaired) electrons. The van der Waals surface area contributed by atoms with Crippen molar-refractivity contribution in [2.24, 2.45) is 11.8 Å². The lowest BCUT2D eigenvalue weighted by Gasteiger charge is -2.34. The van der Waals surface area contributed by atoms with E-state index in [-0.39, 0.29) is 10.5 Å². The smallest absolute Gasteiger partial charge is 0.255 e. The Morgan fingerprint density at radius 1 is 1.07 bits per heavy atom. The number of benzene rings is 2. The maximum atomic E-state index is 13.2. The highest BCUT2D eigenvalue weighted by Crippen LogP contribution is 2.27. The SMILES string of the molecule is CC1CC(C)CN(S(=O)(=O)c2ccc(NC(=O)c3cccc(F)c3)cc2)C1. The third-order valence-electron chi connectivity index (χ3n) is 4.67. The fourth-order valence-electron chi connectivity index (χ4n) is 3.49. The van der Waals surface area contributed by atoms with Crippen LogP contribution in [0.3, 0.4) is 0 Å². The number of piperidine rings is 1. The summed E-state index contributed by atoms with van der Waals surface area (Å²) in [6.45, 7) is 5.15. The van der Waals surface area contributed by atoms with Crippen molar-refractivity contribution >= 4 is 21.6 Å². The second-order valence-electron chi connectivity index (χ2n) is 7.26. The normalized spacial score (nSPS) is 21.0. The summed E-state index contributed by atoms with van der Waals surface area (Å²) in [5.41, 5.74) is 0.645. The maximum Gasteiger partial charge on any atom is 0.255 e. The fraction of sp³-hybridized carbons (Fsp3) is 0.350. The summed E-state index contributed by atoms with van der Waals surface area (Å²) in [7, 11) is -3.56. The average molecular weight is 390 g/mol. The standard InChI is InChI=1S/C20H23FN2O3S/c1-14-10-15(2)13-23(12-14)27(25,26)19-8-6-18(7-9-19)22-20(24)16-4-3-5-17(21)11-16/h3-9,11,14-15H,10,12-13H2,1-2H3,(H,22,24). The van der Waals surface area contributed by atoms with E-state index in [1.807, 2.05) is 0 Å². The summed E-state index contributed by atoms with van der Waals surface area (Å²) in [6.07, 6.45) is 1.02. The van der Waals surface area contributed by atoms with Crippen LogP contribution in [0.2, 0.25) is 0 Å². The van der Waals surface area contributed by atoms with Crippen molar-refractivity contribution in [1.29, 1.82) is 0 Å². The van der Waals surface area contributed by atoms with Gasteiger partial charge in [0, 0.05) is 24.3 Å². The molecule has 1 N–H and O–H groups in total. The van der Waals surface area contributed by atoms with Crippen molar-refractivity contribution in [3.05, 3.63) is 59.9 Å². The molecule has 5 nitrogen and oxygen atoms in total. The minimum absolute atomic E-state index is 0.197. The van der Waals surface area contributed by atoms with E-state index < -0.39 is 21.7 Å². The van der Waals surface area contributed by atoms with Crippen molar-refractivity contribution in [3.63, 3.8) is 0 Å². The van der Waals surface area contributed by atoms with Gasteiger partial charge in [-0.1, -0.05) is 19.9 Å². The number of hydrogen-bond acceptors (Lipinski definition) is 3. The van der Waals surface area contributed by atoms with Gasteiger partial charge in [0.15, 0.2) is 0 Å². The zero-order valence-electron chi connectivity index (χ0n) is 15.4. The minimum atomic E-state index is -3.56. The molecule has 1 aliphatic heterocycles. The quantitative estimate of drug-likeness (QED) is 0.865. The number of rotatable bonds is 4. The van der Waals surface area contributed by atoms with Crippen molar-refractivity contribution in [3.8, 4) is 0 Å². The van der Waals surface area contributed by atoms with Crippen molar-refractivity contribution in [1.82, 2.24) is 4.31 Å². The highest BCUT2D eigenvalue weighted by atomic mass is 32.2. The first kappa shape index (κ1) is 19.5.